The number of rotatable bonds is 2. The molecule has 0 spiro atoms. The van der Waals surface area contributed by atoms with E-state index >= 15 is 0 Å². The Balaban J connectivity index is 1.92. The maximum Gasteiger partial charge on any atom is 0.255 e. The van der Waals surface area contributed by atoms with Crippen LogP contribution in [-0.4, -0.2) is 37.9 Å². The average Bonchev–Trinajstić information content (AvgIpc) is 2.74. The Morgan fingerprint density at radius 1 is 1.27 bits per heavy atom. The van der Waals surface area contributed by atoms with Gasteiger partial charge < -0.3 is 9.47 Å². The van der Waals surface area contributed by atoms with Crippen LogP contribution in [0.4, 0.5) is 0 Å². The number of nitrogens with zero attached hydrogens (tertiary/aromatic N) is 4. The predicted molar refractivity (Wildman–Crippen MR) is 86.6 cm³/mol. The van der Waals surface area contributed by atoms with Crippen LogP contribution >= 0.6 is 0 Å². The molecule has 1 aliphatic heterocycles. The molecular formula is C17H24N4O. The Morgan fingerprint density at radius 3 is 2.86 bits per heavy atom. The van der Waals surface area contributed by atoms with Crippen LogP contribution in [0.15, 0.2) is 18.6 Å². The van der Waals surface area contributed by atoms with Crippen LogP contribution < -0.4 is 0 Å². The van der Waals surface area contributed by atoms with Crippen molar-refractivity contribution >= 4 is 17.1 Å². The van der Waals surface area contributed by atoms with E-state index in [0.29, 0.717) is 17.5 Å². The van der Waals surface area contributed by atoms with Crippen molar-refractivity contribution in [3.05, 3.63) is 24.2 Å². The van der Waals surface area contributed by atoms with Crippen molar-refractivity contribution in [2.45, 2.75) is 45.6 Å². The third-order valence-corrected chi connectivity index (χ3v) is 4.63. The van der Waals surface area contributed by atoms with E-state index in [1.807, 2.05) is 17.7 Å². The number of carbonyl (C=O) groups is 1. The molecule has 22 heavy (non-hydrogen) atoms. The molecule has 0 aromatic carbocycles. The molecule has 118 valence electrons. The van der Waals surface area contributed by atoms with Crippen molar-refractivity contribution in [2.24, 2.45) is 13.0 Å². The van der Waals surface area contributed by atoms with Crippen LogP contribution in [0.25, 0.3) is 11.2 Å². The predicted octanol–water partition coefficient (Wildman–Crippen LogP) is 3.01. The van der Waals surface area contributed by atoms with Gasteiger partial charge in [-0.25, -0.2) is 9.97 Å². The van der Waals surface area contributed by atoms with Crippen LogP contribution in [0.2, 0.25) is 0 Å². The summed E-state index contributed by atoms with van der Waals surface area (Å²) in [5, 5.41) is 0. The fourth-order valence-electron chi connectivity index (χ4n) is 3.38. The molecule has 1 fully saturated rings. The quantitative estimate of drug-likeness (QED) is 0.856. The summed E-state index contributed by atoms with van der Waals surface area (Å²) in [4.78, 5) is 23.7. The first-order chi connectivity index (χ1) is 10.6. The lowest BCUT2D eigenvalue weighted by Gasteiger charge is -2.33. The zero-order valence-corrected chi connectivity index (χ0v) is 13.6. The van der Waals surface area contributed by atoms with E-state index in [1.54, 1.807) is 12.5 Å². The highest BCUT2D eigenvalue weighted by Gasteiger charge is 2.28. The number of aryl methyl sites for hydroxylation is 1. The average molecular weight is 300 g/mol. The highest BCUT2D eigenvalue weighted by Crippen LogP contribution is 2.24. The molecule has 5 nitrogen and oxygen atoms in total. The van der Waals surface area contributed by atoms with Gasteiger partial charge in [0.2, 0.25) is 0 Å². The van der Waals surface area contributed by atoms with Gasteiger partial charge >= 0.3 is 0 Å². The zero-order chi connectivity index (χ0) is 15.7. The Labute approximate surface area is 131 Å². The number of aromatic nitrogens is 3. The van der Waals surface area contributed by atoms with E-state index in [2.05, 4.69) is 28.7 Å². The molecule has 1 aliphatic rings. The molecule has 1 amide bonds. The molecule has 5 heteroatoms. The smallest absolute Gasteiger partial charge is 0.255 e. The highest BCUT2D eigenvalue weighted by molar-refractivity contribution is 5.96. The van der Waals surface area contributed by atoms with Gasteiger partial charge in [-0.2, -0.15) is 0 Å². The highest BCUT2D eigenvalue weighted by atomic mass is 16.2. The number of amides is 1. The minimum absolute atomic E-state index is 0.0978. The Bertz CT molecular complexity index is 676. The summed E-state index contributed by atoms with van der Waals surface area (Å²) < 4.78 is 1.87. The van der Waals surface area contributed by atoms with Gasteiger partial charge in [-0.05, 0) is 24.8 Å². The molecule has 3 heterocycles. The number of hydrogen-bond acceptors (Lipinski definition) is 3. The molecule has 0 unspecified atom stereocenters. The van der Waals surface area contributed by atoms with Gasteiger partial charge in [-0.3, -0.25) is 4.79 Å². The van der Waals surface area contributed by atoms with Crippen LogP contribution in [0.5, 0.6) is 0 Å². The molecule has 0 N–H and O–H groups in total. The summed E-state index contributed by atoms with van der Waals surface area (Å²) in [6, 6.07) is 2.20. The van der Waals surface area contributed by atoms with E-state index in [0.717, 1.165) is 30.6 Å². The topological polar surface area (TPSA) is 51.0 Å². The molecule has 0 radical (unpaired) electrons. The van der Waals surface area contributed by atoms with Crippen molar-refractivity contribution in [2.75, 3.05) is 6.54 Å². The van der Waals surface area contributed by atoms with Gasteiger partial charge in [0.1, 0.15) is 5.52 Å². The lowest BCUT2D eigenvalue weighted by Crippen LogP contribution is -2.42. The summed E-state index contributed by atoms with van der Waals surface area (Å²) in [6.45, 7) is 5.26. The second kappa shape index (κ2) is 6.07. The van der Waals surface area contributed by atoms with E-state index in [4.69, 9.17) is 0 Å². The van der Waals surface area contributed by atoms with Crippen LogP contribution in [0, 0.1) is 5.92 Å². The molecule has 0 bridgehead atoms. The summed E-state index contributed by atoms with van der Waals surface area (Å²) in [7, 11) is 1.91. The molecule has 2 aromatic heterocycles. The normalized spacial score (nSPS) is 19.6. The maximum atomic E-state index is 13.0. The van der Waals surface area contributed by atoms with E-state index in [1.165, 1.54) is 12.8 Å². The first kappa shape index (κ1) is 15.0. The third-order valence-electron chi connectivity index (χ3n) is 4.63. The standard InChI is InChI=1S/C17H24N4O/c1-12(2)15-7-5-4-6-8-21(15)17(22)13-9-14-16(18-10-13)20(3)11-19-14/h9-12,15H,4-8H2,1-3H3/t15-/m1/s1. The van der Waals surface area contributed by atoms with E-state index < -0.39 is 0 Å². The van der Waals surface area contributed by atoms with Crippen molar-refractivity contribution in [3.8, 4) is 0 Å². The Morgan fingerprint density at radius 2 is 2.09 bits per heavy atom. The van der Waals surface area contributed by atoms with Crippen molar-refractivity contribution in [3.63, 3.8) is 0 Å². The van der Waals surface area contributed by atoms with Gasteiger partial charge in [0, 0.05) is 25.8 Å². The van der Waals surface area contributed by atoms with Gasteiger partial charge in [-0.1, -0.05) is 26.7 Å². The molecular weight excluding hydrogens is 276 g/mol. The fraction of sp³-hybridized carbons (Fsp3) is 0.588. The van der Waals surface area contributed by atoms with Gasteiger partial charge in [0.15, 0.2) is 5.65 Å². The first-order valence-electron chi connectivity index (χ1n) is 8.16. The molecule has 1 saturated heterocycles. The minimum atomic E-state index is 0.0978. The monoisotopic (exact) mass is 300 g/mol. The zero-order valence-electron chi connectivity index (χ0n) is 13.6. The summed E-state index contributed by atoms with van der Waals surface area (Å²) >= 11 is 0. The largest absolute Gasteiger partial charge is 0.335 e. The molecule has 2 aromatic rings. The SMILES string of the molecule is CC(C)[C@H]1CCCCCN1C(=O)c1cnc2c(c1)ncn2C. The number of pyridine rings is 1. The summed E-state index contributed by atoms with van der Waals surface area (Å²) in [5.74, 6) is 0.578. The molecule has 3 rings (SSSR count). The lowest BCUT2D eigenvalue weighted by molar-refractivity contribution is 0.0631. The van der Waals surface area contributed by atoms with Crippen molar-refractivity contribution in [1.29, 1.82) is 0 Å². The number of hydrogen-bond donors (Lipinski definition) is 0. The van der Waals surface area contributed by atoms with Crippen LogP contribution in [0.3, 0.4) is 0 Å². The molecule has 0 saturated carbocycles. The fourth-order valence-corrected chi connectivity index (χ4v) is 3.38. The molecule has 0 aliphatic carbocycles. The lowest BCUT2D eigenvalue weighted by atomic mass is 9.97. The van der Waals surface area contributed by atoms with Crippen LogP contribution in [-0.2, 0) is 7.05 Å². The van der Waals surface area contributed by atoms with Crippen molar-refractivity contribution in [1.82, 2.24) is 19.4 Å². The second-order valence-corrected chi connectivity index (χ2v) is 6.58. The maximum absolute atomic E-state index is 13.0. The second-order valence-electron chi connectivity index (χ2n) is 6.58. The Kier molecular flexibility index (Phi) is 4.14. The van der Waals surface area contributed by atoms with Crippen LogP contribution in [0.1, 0.15) is 49.9 Å². The number of carbonyl (C=O) groups excluding carboxylic acids is 1. The first-order valence-corrected chi connectivity index (χ1v) is 8.16. The molecule has 1 atom stereocenters. The number of imidazole rings is 1. The minimum Gasteiger partial charge on any atom is -0.335 e. The third kappa shape index (κ3) is 2.72. The van der Waals surface area contributed by atoms with Gasteiger partial charge in [-0.15, -0.1) is 0 Å². The van der Waals surface area contributed by atoms with E-state index in [-0.39, 0.29) is 5.91 Å². The Hall–Kier alpha value is -1.91. The van der Waals surface area contributed by atoms with Gasteiger partial charge in [0.25, 0.3) is 5.91 Å². The summed E-state index contributed by atoms with van der Waals surface area (Å²) in [6.07, 6.45) is 8.04. The summed E-state index contributed by atoms with van der Waals surface area (Å²) in [5.41, 5.74) is 2.25. The van der Waals surface area contributed by atoms with Crippen molar-refractivity contribution < 1.29 is 4.79 Å². The van der Waals surface area contributed by atoms with Gasteiger partial charge in [0.05, 0.1) is 11.9 Å². The van der Waals surface area contributed by atoms with E-state index in [9.17, 15) is 4.79 Å². The number of likely N-dealkylation sites (tertiary alicyclic amines) is 1. The number of fused-ring (bicyclic) bond motifs is 1.